The van der Waals surface area contributed by atoms with Crippen LogP contribution in [0.2, 0.25) is 0 Å². The van der Waals surface area contributed by atoms with Crippen molar-refractivity contribution in [3.05, 3.63) is 65.7 Å². The second-order valence-corrected chi connectivity index (χ2v) is 7.08. The van der Waals surface area contributed by atoms with E-state index >= 15 is 0 Å². The Morgan fingerprint density at radius 3 is 2.52 bits per heavy atom. The van der Waals surface area contributed by atoms with Crippen LogP contribution >= 0.6 is 0 Å². The smallest absolute Gasteiger partial charge is 0.332 e. The Morgan fingerprint density at radius 2 is 1.81 bits per heavy atom. The fourth-order valence-electron chi connectivity index (χ4n) is 3.08. The number of benzene rings is 2. The average Bonchev–Trinajstić information content (AvgIpc) is 2.78. The van der Waals surface area contributed by atoms with Crippen LogP contribution in [-0.2, 0) is 27.4 Å². The summed E-state index contributed by atoms with van der Waals surface area (Å²) in [5, 5.41) is 11.3. The number of hydrogen-bond donors (Lipinski definition) is 3. The molecule has 1 heterocycles. The summed E-state index contributed by atoms with van der Waals surface area (Å²) < 4.78 is 11.1. The number of amides is 4. The van der Waals surface area contributed by atoms with Crippen molar-refractivity contribution in [1.29, 1.82) is 0 Å². The molecule has 2 unspecified atom stereocenters. The van der Waals surface area contributed by atoms with Crippen molar-refractivity contribution < 1.29 is 29.0 Å². The number of ether oxygens (including phenoxy) is 2. The molecule has 9 heteroatoms. The van der Waals surface area contributed by atoms with Crippen LogP contribution in [0.25, 0.3) is 0 Å². The maximum Gasteiger partial charge on any atom is 0.332 e. The predicted octanol–water partition coefficient (Wildman–Crippen LogP) is 0.796. The standard InChI is InChI=1S/C22H25N3O6/c23-11-18(12-26)31-14-25-21(28)19(20(27)24-22(25)29)10-16-7-4-8-17(9-16)30-13-15-5-2-1-3-6-15/h1-9,18-19,26H,10-14,23H2,(H,24,27,29). The number of aliphatic hydroxyl groups is 1. The van der Waals surface area contributed by atoms with Crippen molar-refractivity contribution in [1.82, 2.24) is 10.2 Å². The van der Waals surface area contributed by atoms with Crippen LogP contribution in [0.15, 0.2) is 54.6 Å². The van der Waals surface area contributed by atoms with Gasteiger partial charge in [-0.25, -0.2) is 9.69 Å². The van der Waals surface area contributed by atoms with Crippen molar-refractivity contribution in [2.75, 3.05) is 19.9 Å². The number of urea groups is 1. The van der Waals surface area contributed by atoms with Crippen LogP contribution in [0.3, 0.4) is 0 Å². The highest BCUT2D eigenvalue weighted by Gasteiger charge is 2.40. The number of carbonyl (C=O) groups is 3. The Bertz CT molecular complexity index is 916. The van der Waals surface area contributed by atoms with Crippen molar-refractivity contribution in [2.45, 2.75) is 19.1 Å². The number of imide groups is 2. The van der Waals surface area contributed by atoms with E-state index in [1.165, 1.54) is 0 Å². The van der Waals surface area contributed by atoms with Crippen molar-refractivity contribution in [2.24, 2.45) is 11.7 Å². The van der Waals surface area contributed by atoms with Crippen LogP contribution in [0, 0.1) is 5.92 Å². The van der Waals surface area contributed by atoms with Crippen molar-refractivity contribution in [3.8, 4) is 5.75 Å². The lowest BCUT2D eigenvalue weighted by molar-refractivity contribution is -0.147. The predicted molar refractivity (Wildman–Crippen MR) is 111 cm³/mol. The minimum atomic E-state index is -1.09. The Kier molecular flexibility index (Phi) is 7.71. The summed E-state index contributed by atoms with van der Waals surface area (Å²) >= 11 is 0. The second-order valence-electron chi connectivity index (χ2n) is 7.08. The summed E-state index contributed by atoms with van der Waals surface area (Å²) in [5.74, 6) is -1.82. The molecule has 0 saturated carbocycles. The van der Waals surface area contributed by atoms with Crippen molar-refractivity contribution >= 4 is 17.8 Å². The van der Waals surface area contributed by atoms with Gasteiger partial charge in [-0.15, -0.1) is 0 Å². The first kappa shape index (κ1) is 22.4. The third-order valence-electron chi connectivity index (χ3n) is 4.85. The van der Waals surface area contributed by atoms with Gasteiger partial charge >= 0.3 is 6.03 Å². The molecule has 0 aliphatic carbocycles. The van der Waals surface area contributed by atoms with Crippen LogP contribution < -0.4 is 15.8 Å². The SMILES string of the molecule is NCC(CO)OCN1C(=O)NC(=O)C(Cc2cccc(OCc3ccccc3)c2)C1=O. The topological polar surface area (TPSA) is 131 Å². The Hall–Kier alpha value is -3.27. The number of nitrogens with zero attached hydrogens (tertiary/aromatic N) is 1. The molecule has 4 N–H and O–H groups in total. The van der Waals surface area contributed by atoms with E-state index in [0.29, 0.717) is 17.9 Å². The van der Waals surface area contributed by atoms with Crippen molar-refractivity contribution in [3.63, 3.8) is 0 Å². The third-order valence-corrected chi connectivity index (χ3v) is 4.85. The van der Waals surface area contributed by atoms with Gasteiger partial charge in [0.15, 0.2) is 0 Å². The largest absolute Gasteiger partial charge is 0.489 e. The highest BCUT2D eigenvalue weighted by atomic mass is 16.5. The van der Waals surface area contributed by atoms with Crippen LogP contribution in [0.5, 0.6) is 5.75 Å². The lowest BCUT2D eigenvalue weighted by Gasteiger charge is -2.30. The molecule has 0 radical (unpaired) electrons. The maximum absolute atomic E-state index is 12.8. The number of carbonyl (C=O) groups excluding carboxylic acids is 3. The summed E-state index contributed by atoms with van der Waals surface area (Å²) in [6, 6.07) is 15.9. The first-order valence-electron chi connectivity index (χ1n) is 9.86. The molecule has 1 fully saturated rings. The molecule has 3 rings (SSSR count). The first-order chi connectivity index (χ1) is 15.0. The van der Waals surface area contributed by atoms with Gasteiger partial charge in [-0.1, -0.05) is 42.5 Å². The quantitative estimate of drug-likeness (QED) is 0.478. The molecular weight excluding hydrogens is 402 g/mol. The zero-order valence-corrected chi connectivity index (χ0v) is 16.9. The number of barbiturate groups is 1. The van der Waals surface area contributed by atoms with Gasteiger partial charge in [-0.2, -0.15) is 0 Å². The molecule has 0 bridgehead atoms. The van der Waals surface area contributed by atoms with E-state index in [1.54, 1.807) is 24.3 Å². The van der Waals surface area contributed by atoms with E-state index in [9.17, 15) is 14.4 Å². The van der Waals surface area contributed by atoms with E-state index in [-0.39, 0.29) is 19.6 Å². The van der Waals surface area contributed by atoms with E-state index in [2.05, 4.69) is 5.32 Å². The summed E-state index contributed by atoms with van der Waals surface area (Å²) in [6.07, 6.45) is -0.618. The zero-order valence-electron chi connectivity index (χ0n) is 16.9. The minimum absolute atomic E-state index is 0.0261. The van der Waals surface area contributed by atoms with Gasteiger partial charge in [0.05, 0.1) is 12.7 Å². The number of hydrogen-bond acceptors (Lipinski definition) is 7. The van der Waals surface area contributed by atoms with Crippen LogP contribution in [-0.4, -0.2) is 53.8 Å². The molecule has 1 aliphatic rings. The molecule has 2 atom stereocenters. The van der Waals surface area contributed by atoms with Gasteiger partial charge in [0.1, 0.15) is 25.0 Å². The number of nitrogens with two attached hydrogens (primary N) is 1. The second kappa shape index (κ2) is 10.7. The van der Waals surface area contributed by atoms with Gasteiger partial charge in [0.2, 0.25) is 11.8 Å². The van der Waals surface area contributed by atoms with Gasteiger partial charge < -0.3 is 20.3 Å². The van der Waals surface area contributed by atoms with E-state index in [1.807, 2.05) is 30.3 Å². The van der Waals surface area contributed by atoms with Gasteiger partial charge in [-0.3, -0.25) is 14.9 Å². The molecule has 0 aromatic heterocycles. The number of rotatable bonds is 10. The molecule has 2 aromatic rings. The fourth-order valence-corrected chi connectivity index (χ4v) is 3.08. The molecule has 1 saturated heterocycles. The molecule has 164 valence electrons. The summed E-state index contributed by atoms with van der Waals surface area (Å²) in [4.78, 5) is 37.9. The molecule has 2 aromatic carbocycles. The number of nitrogens with one attached hydrogen (secondary N) is 1. The molecule has 31 heavy (non-hydrogen) atoms. The molecular formula is C22H25N3O6. The highest BCUT2D eigenvalue weighted by Crippen LogP contribution is 2.21. The maximum atomic E-state index is 12.8. The van der Waals surface area contributed by atoms with Gasteiger partial charge in [0.25, 0.3) is 0 Å². The zero-order chi connectivity index (χ0) is 22.2. The normalized spacial score (nSPS) is 17.4. The fraction of sp³-hybridized carbons (Fsp3) is 0.318. The summed E-state index contributed by atoms with van der Waals surface area (Å²) in [6.45, 7) is -0.340. The molecule has 1 aliphatic heterocycles. The van der Waals surface area contributed by atoms with Gasteiger partial charge in [0, 0.05) is 6.54 Å². The highest BCUT2D eigenvalue weighted by molar-refractivity contribution is 6.16. The Labute approximate surface area is 179 Å². The van der Waals surface area contributed by atoms with E-state index in [0.717, 1.165) is 10.5 Å². The minimum Gasteiger partial charge on any atom is -0.489 e. The third kappa shape index (κ3) is 5.88. The van der Waals surface area contributed by atoms with Gasteiger partial charge in [-0.05, 0) is 29.7 Å². The van der Waals surface area contributed by atoms with Crippen LogP contribution in [0.4, 0.5) is 4.79 Å². The lowest BCUT2D eigenvalue weighted by atomic mass is 9.95. The molecule has 9 nitrogen and oxygen atoms in total. The summed E-state index contributed by atoms with van der Waals surface area (Å²) in [5.41, 5.74) is 7.17. The number of aliphatic hydroxyl groups excluding tert-OH is 1. The van der Waals surface area contributed by atoms with Crippen LogP contribution in [0.1, 0.15) is 11.1 Å². The van der Waals surface area contributed by atoms with E-state index < -0.39 is 36.6 Å². The lowest BCUT2D eigenvalue weighted by Crippen LogP contribution is -2.59. The Balaban J connectivity index is 1.65. The monoisotopic (exact) mass is 427 g/mol. The molecule has 4 amide bonds. The summed E-state index contributed by atoms with van der Waals surface area (Å²) in [7, 11) is 0. The van der Waals surface area contributed by atoms with E-state index in [4.69, 9.17) is 20.3 Å². The Morgan fingerprint density at radius 1 is 1.06 bits per heavy atom. The average molecular weight is 427 g/mol. The molecule has 0 spiro atoms. The first-order valence-corrected chi connectivity index (χ1v) is 9.86.